The number of nitrogens with zero attached hydrogens (tertiary/aromatic N) is 2. The van der Waals surface area contributed by atoms with E-state index in [1.165, 1.54) is 7.11 Å². The van der Waals surface area contributed by atoms with Gasteiger partial charge in [0.05, 0.1) is 26.5 Å². The highest BCUT2D eigenvalue weighted by atomic mass is 19.1. The number of H-pyrrole nitrogens is 1. The van der Waals surface area contributed by atoms with Gasteiger partial charge in [-0.15, -0.1) is 0 Å². The van der Waals surface area contributed by atoms with Gasteiger partial charge >= 0.3 is 5.69 Å². The molecule has 0 amide bonds. The van der Waals surface area contributed by atoms with Crippen LogP contribution in [0.4, 0.5) is 13.2 Å². The van der Waals surface area contributed by atoms with Crippen LogP contribution in [-0.4, -0.2) is 60.1 Å². The number of alkyl halides is 2. The van der Waals surface area contributed by atoms with Gasteiger partial charge in [-0.2, -0.15) is 0 Å². The van der Waals surface area contributed by atoms with Gasteiger partial charge in [-0.3, -0.25) is 28.0 Å². The Kier molecular flexibility index (Phi) is 6.04. The molecule has 2 fully saturated rings. The molecular weight excluding hydrogens is 413 g/mol. The first kappa shape index (κ1) is 22.1. The molecule has 3 aliphatic rings. The summed E-state index contributed by atoms with van der Waals surface area (Å²) in [7, 11) is 1.30. The Hall–Kier alpha value is -2.07. The molecule has 2 heterocycles. The van der Waals surface area contributed by atoms with Gasteiger partial charge in [0.1, 0.15) is 5.56 Å². The minimum absolute atomic E-state index is 0.0184. The van der Waals surface area contributed by atoms with E-state index < -0.39 is 54.3 Å². The zero-order valence-corrected chi connectivity index (χ0v) is 17.7. The van der Waals surface area contributed by atoms with Gasteiger partial charge in [0.2, 0.25) is 0 Å². The van der Waals surface area contributed by atoms with Crippen molar-refractivity contribution in [3.8, 4) is 0 Å². The fraction of sp³-hybridized carbons (Fsp3) is 0.714. The number of ether oxygens (including phenoxy) is 1. The standard InChI is InChI=1S/C21H29F3N4O3/c1-10-17-14(20(29)26-21(30)28(17)13-3-4-13)19(31-2)15(24)18(10)27-6-5-11(9-27)16(25)12(7-22)8-23/h10-13,16,18H,3-9,25H2,1-2H3,(H,26,29,30). The Morgan fingerprint density at radius 1 is 1.23 bits per heavy atom. The molecule has 2 aliphatic carbocycles. The van der Waals surface area contributed by atoms with Crippen LogP contribution in [0.2, 0.25) is 0 Å². The first-order valence-corrected chi connectivity index (χ1v) is 10.8. The van der Waals surface area contributed by atoms with Crippen molar-refractivity contribution in [3.05, 3.63) is 37.9 Å². The molecule has 31 heavy (non-hydrogen) atoms. The highest BCUT2D eigenvalue weighted by Gasteiger charge is 2.46. The van der Waals surface area contributed by atoms with Gasteiger partial charge in [-0.25, -0.2) is 9.18 Å². The van der Waals surface area contributed by atoms with Crippen molar-refractivity contribution in [1.82, 2.24) is 14.5 Å². The number of rotatable bonds is 7. The van der Waals surface area contributed by atoms with Crippen LogP contribution in [0.3, 0.4) is 0 Å². The molecule has 1 aromatic heterocycles. The van der Waals surface area contributed by atoms with E-state index in [0.717, 1.165) is 12.8 Å². The number of fused-ring (bicyclic) bond motifs is 1. The molecule has 1 saturated carbocycles. The van der Waals surface area contributed by atoms with Gasteiger partial charge in [0.15, 0.2) is 11.6 Å². The average molecular weight is 442 g/mol. The fourth-order valence-corrected chi connectivity index (χ4v) is 5.24. The Balaban J connectivity index is 1.73. The van der Waals surface area contributed by atoms with E-state index in [0.29, 0.717) is 25.2 Å². The highest BCUT2D eigenvalue weighted by molar-refractivity contribution is 5.67. The summed E-state index contributed by atoms with van der Waals surface area (Å²) in [6, 6.07) is -1.43. The lowest BCUT2D eigenvalue weighted by Gasteiger charge is -2.38. The second-order valence-corrected chi connectivity index (χ2v) is 8.93. The van der Waals surface area contributed by atoms with E-state index in [1.807, 2.05) is 4.90 Å². The van der Waals surface area contributed by atoms with Crippen LogP contribution in [0, 0.1) is 11.8 Å². The van der Waals surface area contributed by atoms with Crippen LogP contribution in [0.5, 0.6) is 0 Å². The minimum atomic E-state index is -0.872. The molecule has 10 heteroatoms. The number of hydrogen-bond donors (Lipinski definition) is 2. The van der Waals surface area contributed by atoms with E-state index in [1.54, 1.807) is 11.5 Å². The summed E-state index contributed by atoms with van der Waals surface area (Å²) in [4.78, 5) is 29.4. The second kappa shape index (κ2) is 8.46. The number of aromatic nitrogens is 2. The lowest BCUT2D eigenvalue weighted by Crippen LogP contribution is -2.47. The van der Waals surface area contributed by atoms with Crippen LogP contribution in [0.25, 0.3) is 5.76 Å². The van der Waals surface area contributed by atoms with E-state index in [2.05, 4.69) is 4.98 Å². The number of nitrogens with one attached hydrogen (secondary N) is 1. The van der Waals surface area contributed by atoms with Gasteiger partial charge in [0.25, 0.3) is 5.56 Å². The third-order valence-corrected chi connectivity index (χ3v) is 7.04. The Morgan fingerprint density at radius 3 is 2.48 bits per heavy atom. The van der Waals surface area contributed by atoms with Crippen molar-refractivity contribution in [2.45, 2.75) is 50.2 Å². The largest absolute Gasteiger partial charge is 0.493 e. The summed E-state index contributed by atoms with van der Waals surface area (Å²) in [6.07, 6.45) is 2.23. The molecule has 172 valence electrons. The van der Waals surface area contributed by atoms with Crippen LogP contribution in [-0.2, 0) is 4.74 Å². The number of halogens is 3. The molecule has 4 unspecified atom stereocenters. The molecule has 0 aromatic carbocycles. The molecule has 1 aromatic rings. The van der Waals surface area contributed by atoms with Gasteiger partial charge in [0, 0.05) is 36.2 Å². The van der Waals surface area contributed by atoms with Crippen molar-refractivity contribution in [3.63, 3.8) is 0 Å². The molecule has 3 N–H and O–H groups in total. The van der Waals surface area contributed by atoms with Crippen LogP contribution >= 0.6 is 0 Å². The van der Waals surface area contributed by atoms with Gasteiger partial charge in [-0.1, -0.05) is 6.92 Å². The number of hydrogen-bond acceptors (Lipinski definition) is 5. The van der Waals surface area contributed by atoms with E-state index in [9.17, 15) is 18.4 Å². The summed E-state index contributed by atoms with van der Waals surface area (Å²) in [5, 5.41) is 0. The zero-order valence-electron chi connectivity index (χ0n) is 17.7. The molecule has 1 aliphatic heterocycles. The maximum Gasteiger partial charge on any atom is 0.328 e. The smallest absolute Gasteiger partial charge is 0.328 e. The van der Waals surface area contributed by atoms with E-state index in [4.69, 9.17) is 10.5 Å². The summed E-state index contributed by atoms with van der Waals surface area (Å²) in [6.45, 7) is 1.00. The summed E-state index contributed by atoms with van der Waals surface area (Å²) >= 11 is 0. The SMILES string of the molecule is COC1=C(F)C(N2CCC(C(N)C(CF)CF)C2)C(C)c2c1c(=O)[nH]c(=O)n2C1CC1. The summed E-state index contributed by atoms with van der Waals surface area (Å²) in [5.41, 5.74) is 5.51. The lowest BCUT2D eigenvalue weighted by atomic mass is 9.85. The van der Waals surface area contributed by atoms with Gasteiger partial charge in [-0.05, 0) is 31.7 Å². The Morgan fingerprint density at radius 2 is 1.90 bits per heavy atom. The predicted octanol–water partition coefficient (Wildman–Crippen LogP) is 1.85. The quantitative estimate of drug-likeness (QED) is 0.672. The fourth-order valence-electron chi connectivity index (χ4n) is 5.24. The average Bonchev–Trinajstić information content (AvgIpc) is 3.46. The monoisotopic (exact) mass is 442 g/mol. The van der Waals surface area contributed by atoms with Crippen LogP contribution in [0.15, 0.2) is 15.4 Å². The Bertz CT molecular complexity index is 983. The first-order valence-electron chi connectivity index (χ1n) is 10.8. The molecule has 0 bridgehead atoms. The maximum absolute atomic E-state index is 15.7. The molecule has 7 nitrogen and oxygen atoms in total. The molecule has 4 atom stereocenters. The highest BCUT2D eigenvalue weighted by Crippen LogP contribution is 2.45. The van der Waals surface area contributed by atoms with Crippen LogP contribution < -0.4 is 17.0 Å². The third kappa shape index (κ3) is 3.63. The van der Waals surface area contributed by atoms with E-state index >= 15 is 4.39 Å². The summed E-state index contributed by atoms with van der Waals surface area (Å²) in [5.74, 6) is -2.27. The van der Waals surface area contributed by atoms with Crippen molar-refractivity contribution in [1.29, 1.82) is 0 Å². The second-order valence-electron chi connectivity index (χ2n) is 8.93. The lowest BCUT2D eigenvalue weighted by molar-refractivity contribution is 0.175. The molecule has 4 rings (SSSR count). The normalized spacial score (nSPS) is 27.6. The number of aromatic amines is 1. The molecule has 0 spiro atoms. The number of likely N-dealkylation sites (tertiary alicyclic amines) is 1. The topological polar surface area (TPSA) is 93.3 Å². The molecular formula is C21H29F3N4O3. The molecule has 1 saturated heterocycles. The minimum Gasteiger partial charge on any atom is -0.493 e. The summed E-state index contributed by atoms with van der Waals surface area (Å²) < 4.78 is 48.8. The van der Waals surface area contributed by atoms with Crippen molar-refractivity contribution in [2.24, 2.45) is 17.6 Å². The number of methoxy groups -OCH3 is 1. The van der Waals surface area contributed by atoms with Crippen molar-refractivity contribution < 1.29 is 17.9 Å². The van der Waals surface area contributed by atoms with Crippen molar-refractivity contribution in [2.75, 3.05) is 33.5 Å². The predicted molar refractivity (Wildman–Crippen MR) is 110 cm³/mol. The maximum atomic E-state index is 15.7. The van der Waals surface area contributed by atoms with E-state index in [-0.39, 0.29) is 23.3 Å². The Labute approximate surface area is 178 Å². The third-order valence-electron chi connectivity index (χ3n) is 7.04. The number of nitrogens with two attached hydrogens (primary N) is 1. The van der Waals surface area contributed by atoms with Gasteiger partial charge < -0.3 is 10.5 Å². The van der Waals surface area contributed by atoms with Crippen molar-refractivity contribution >= 4 is 5.76 Å². The molecule has 0 radical (unpaired) electrons. The first-order chi connectivity index (χ1) is 14.8. The van der Waals surface area contributed by atoms with Crippen LogP contribution in [0.1, 0.15) is 49.4 Å². The zero-order chi connectivity index (χ0) is 22.4.